The largest absolute Gasteiger partial charge is 0.486 e. The number of nitrogens with two attached hydrogens (primary N) is 1. The molecule has 2 nitrogen and oxygen atoms in total. The van der Waals surface area contributed by atoms with Gasteiger partial charge in [-0.25, -0.2) is 0 Å². The van der Waals surface area contributed by atoms with E-state index in [4.69, 9.17) is 10.5 Å². The van der Waals surface area contributed by atoms with Gasteiger partial charge in [0.1, 0.15) is 11.4 Å². The second-order valence-electron chi connectivity index (χ2n) is 4.58. The SMILES string of the molecule is N[C@@H]1CC2(CCSC2)Oc2ccc(Br)cc21. The Labute approximate surface area is 108 Å². The second-order valence-corrected chi connectivity index (χ2v) is 6.60. The minimum Gasteiger partial charge on any atom is -0.486 e. The van der Waals surface area contributed by atoms with E-state index in [9.17, 15) is 0 Å². The first-order valence-electron chi connectivity index (χ1n) is 5.50. The van der Waals surface area contributed by atoms with Gasteiger partial charge in [0.2, 0.25) is 0 Å². The minimum absolute atomic E-state index is 0.00487. The maximum atomic E-state index is 6.26. The van der Waals surface area contributed by atoms with Crippen molar-refractivity contribution in [3.8, 4) is 5.75 Å². The average Bonchev–Trinajstić information content (AvgIpc) is 2.68. The molecule has 0 aliphatic carbocycles. The molecule has 0 radical (unpaired) electrons. The lowest BCUT2D eigenvalue weighted by Crippen LogP contribution is -2.42. The van der Waals surface area contributed by atoms with Crippen molar-refractivity contribution in [2.75, 3.05) is 11.5 Å². The molecule has 2 atom stereocenters. The van der Waals surface area contributed by atoms with E-state index in [0.29, 0.717) is 0 Å². The molecule has 2 heterocycles. The topological polar surface area (TPSA) is 35.2 Å². The van der Waals surface area contributed by atoms with Gasteiger partial charge in [-0.2, -0.15) is 11.8 Å². The van der Waals surface area contributed by atoms with Crippen molar-refractivity contribution in [2.24, 2.45) is 5.73 Å². The molecule has 0 bridgehead atoms. The van der Waals surface area contributed by atoms with Gasteiger partial charge in [-0.05, 0) is 30.4 Å². The Balaban J connectivity index is 1.99. The molecule has 1 aromatic rings. The van der Waals surface area contributed by atoms with Crippen LogP contribution in [0.5, 0.6) is 5.75 Å². The number of hydrogen-bond acceptors (Lipinski definition) is 3. The molecule has 86 valence electrons. The zero-order valence-electron chi connectivity index (χ0n) is 8.91. The molecule has 0 aromatic heterocycles. The van der Waals surface area contributed by atoms with Crippen LogP contribution < -0.4 is 10.5 Å². The molecule has 1 unspecified atom stereocenters. The summed E-state index contributed by atoms with van der Waals surface area (Å²) in [5, 5.41) is 0. The Morgan fingerprint density at radius 3 is 3.12 bits per heavy atom. The van der Waals surface area contributed by atoms with Gasteiger partial charge in [-0.1, -0.05) is 15.9 Å². The van der Waals surface area contributed by atoms with E-state index in [2.05, 4.69) is 22.0 Å². The highest BCUT2D eigenvalue weighted by Gasteiger charge is 2.42. The number of thioether (sulfide) groups is 1. The molecule has 1 saturated heterocycles. The summed E-state index contributed by atoms with van der Waals surface area (Å²) in [5.74, 6) is 3.25. The smallest absolute Gasteiger partial charge is 0.125 e. The highest BCUT2D eigenvalue weighted by Crippen LogP contribution is 2.45. The molecule has 2 aliphatic heterocycles. The Kier molecular flexibility index (Phi) is 2.68. The number of ether oxygens (including phenoxy) is 1. The van der Waals surface area contributed by atoms with E-state index in [1.165, 1.54) is 5.75 Å². The summed E-state index contributed by atoms with van der Waals surface area (Å²) in [6.07, 6.45) is 2.07. The minimum atomic E-state index is 0.00487. The lowest BCUT2D eigenvalue weighted by molar-refractivity contribution is 0.0615. The van der Waals surface area contributed by atoms with Crippen LogP contribution in [-0.2, 0) is 0 Å². The predicted octanol–water partition coefficient (Wildman–Crippen LogP) is 3.11. The lowest BCUT2D eigenvalue weighted by atomic mass is 9.87. The van der Waals surface area contributed by atoms with Crippen LogP contribution in [0.4, 0.5) is 0 Å². The fourth-order valence-corrected chi connectivity index (χ4v) is 4.25. The van der Waals surface area contributed by atoms with E-state index < -0.39 is 0 Å². The van der Waals surface area contributed by atoms with Crippen molar-refractivity contribution in [1.82, 2.24) is 0 Å². The van der Waals surface area contributed by atoms with Gasteiger partial charge in [0.25, 0.3) is 0 Å². The summed E-state index contributed by atoms with van der Waals surface area (Å²) in [6, 6.07) is 6.24. The fourth-order valence-electron chi connectivity index (χ4n) is 2.52. The van der Waals surface area contributed by atoms with Crippen molar-refractivity contribution >= 4 is 27.7 Å². The Hall–Kier alpha value is -0.190. The molecule has 0 amide bonds. The third-order valence-electron chi connectivity index (χ3n) is 3.36. The van der Waals surface area contributed by atoms with E-state index in [0.717, 1.165) is 34.4 Å². The normalized spacial score (nSPS) is 32.5. The van der Waals surface area contributed by atoms with Crippen LogP contribution in [0.15, 0.2) is 22.7 Å². The highest BCUT2D eigenvalue weighted by molar-refractivity contribution is 9.10. The van der Waals surface area contributed by atoms with E-state index in [1.807, 2.05) is 23.9 Å². The number of halogens is 1. The molecule has 4 heteroatoms. The molecule has 1 aromatic carbocycles. The van der Waals surface area contributed by atoms with Gasteiger partial charge in [0.15, 0.2) is 0 Å². The predicted molar refractivity (Wildman–Crippen MR) is 71.0 cm³/mol. The van der Waals surface area contributed by atoms with Gasteiger partial charge in [-0.3, -0.25) is 0 Å². The quantitative estimate of drug-likeness (QED) is 0.799. The maximum Gasteiger partial charge on any atom is 0.125 e. The first kappa shape index (κ1) is 10.9. The standard InChI is InChI=1S/C12H14BrNOS/c13-8-1-2-11-9(5-8)10(14)6-12(15-11)3-4-16-7-12/h1-2,5,10H,3-4,6-7,14H2/t10-,12?/m1/s1. The Morgan fingerprint density at radius 2 is 2.38 bits per heavy atom. The van der Waals surface area contributed by atoms with Gasteiger partial charge in [-0.15, -0.1) is 0 Å². The van der Waals surface area contributed by atoms with Crippen LogP contribution >= 0.6 is 27.7 Å². The van der Waals surface area contributed by atoms with Gasteiger partial charge < -0.3 is 10.5 Å². The monoisotopic (exact) mass is 299 g/mol. The van der Waals surface area contributed by atoms with Crippen LogP contribution in [0.25, 0.3) is 0 Å². The fraction of sp³-hybridized carbons (Fsp3) is 0.500. The third kappa shape index (κ3) is 1.77. The summed E-state index contributed by atoms with van der Waals surface area (Å²) < 4.78 is 7.26. The van der Waals surface area contributed by atoms with Crippen LogP contribution in [0.2, 0.25) is 0 Å². The first-order chi connectivity index (χ1) is 7.69. The molecule has 3 rings (SSSR count). The molecule has 1 spiro atoms. The maximum absolute atomic E-state index is 6.26. The van der Waals surface area contributed by atoms with Gasteiger partial charge in [0.05, 0.1) is 0 Å². The molecular weight excluding hydrogens is 286 g/mol. The Bertz CT molecular complexity index is 417. The molecule has 0 saturated carbocycles. The molecule has 16 heavy (non-hydrogen) atoms. The van der Waals surface area contributed by atoms with Crippen molar-refractivity contribution < 1.29 is 4.74 Å². The van der Waals surface area contributed by atoms with Crippen molar-refractivity contribution in [1.29, 1.82) is 0 Å². The summed E-state index contributed by atoms with van der Waals surface area (Å²) in [4.78, 5) is 0. The van der Waals surface area contributed by atoms with Crippen molar-refractivity contribution in [3.05, 3.63) is 28.2 Å². The molecular formula is C12H14BrNOS. The third-order valence-corrected chi connectivity index (χ3v) is 5.07. The number of benzene rings is 1. The summed E-state index contributed by atoms with van der Waals surface area (Å²) in [7, 11) is 0. The van der Waals surface area contributed by atoms with E-state index >= 15 is 0 Å². The van der Waals surface area contributed by atoms with Gasteiger partial charge in [0, 0.05) is 28.3 Å². The van der Waals surface area contributed by atoms with Crippen LogP contribution in [0.1, 0.15) is 24.4 Å². The summed E-state index contributed by atoms with van der Waals surface area (Å²) >= 11 is 5.45. The highest BCUT2D eigenvalue weighted by atomic mass is 79.9. The van der Waals surface area contributed by atoms with Crippen LogP contribution in [-0.4, -0.2) is 17.1 Å². The zero-order chi connectivity index (χ0) is 11.2. The van der Waals surface area contributed by atoms with E-state index in [1.54, 1.807) is 0 Å². The average molecular weight is 300 g/mol. The van der Waals surface area contributed by atoms with E-state index in [-0.39, 0.29) is 11.6 Å². The number of rotatable bonds is 0. The number of hydrogen-bond donors (Lipinski definition) is 1. The molecule has 2 aliphatic rings. The van der Waals surface area contributed by atoms with Crippen molar-refractivity contribution in [2.45, 2.75) is 24.5 Å². The molecule has 1 fully saturated rings. The van der Waals surface area contributed by atoms with Gasteiger partial charge >= 0.3 is 0 Å². The zero-order valence-corrected chi connectivity index (χ0v) is 11.3. The summed E-state index contributed by atoms with van der Waals surface area (Å²) in [5.41, 5.74) is 7.40. The van der Waals surface area contributed by atoms with Crippen LogP contribution in [0.3, 0.4) is 0 Å². The van der Waals surface area contributed by atoms with Crippen molar-refractivity contribution in [3.63, 3.8) is 0 Å². The first-order valence-corrected chi connectivity index (χ1v) is 7.45. The number of fused-ring (bicyclic) bond motifs is 1. The lowest BCUT2D eigenvalue weighted by Gasteiger charge is -2.38. The summed E-state index contributed by atoms with van der Waals surface area (Å²) in [6.45, 7) is 0. The van der Waals surface area contributed by atoms with Crippen LogP contribution in [0, 0.1) is 0 Å². The Morgan fingerprint density at radius 1 is 1.50 bits per heavy atom. The molecule has 2 N–H and O–H groups in total. The second kappa shape index (κ2) is 3.93.